The summed E-state index contributed by atoms with van der Waals surface area (Å²) in [7, 11) is 0. The van der Waals surface area contributed by atoms with Gasteiger partial charge in [-0.1, -0.05) is 97.1 Å². The van der Waals surface area contributed by atoms with Gasteiger partial charge in [0.25, 0.3) is 0 Å². The number of aromatic nitrogens is 1. The fraction of sp³-hybridized carbons (Fsp3) is 0.0323. The van der Waals surface area contributed by atoms with Crippen molar-refractivity contribution < 1.29 is 0 Å². The van der Waals surface area contributed by atoms with Gasteiger partial charge in [0.15, 0.2) is 0 Å². The van der Waals surface area contributed by atoms with Crippen LogP contribution in [0.25, 0.3) is 44.5 Å². The molecular weight excluding hydrogens is 400 g/mol. The first kappa shape index (κ1) is 20.6. The highest BCUT2D eigenvalue weighted by Crippen LogP contribution is 2.34. The second-order valence-electron chi connectivity index (χ2n) is 7.98. The summed E-state index contributed by atoms with van der Waals surface area (Å²) in [5, 5.41) is 12.4. The molecule has 2 nitrogen and oxygen atoms in total. The highest BCUT2D eigenvalue weighted by molar-refractivity contribution is 6.30. The molecule has 4 aromatic carbocycles. The smallest absolute Gasteiger partial charge is 0.0707 e. The molecular formula is C31H24N2. The molecule has 33 heavy (non-hydrogen) atoms. The third-order valence-corrected chi connectivity index (χ3v) is 5.95. The maximum absolute atomic E-state index is 8.85. The minimum Gasteiger partial charge on any atom is -0.300 e. The van der Waals surface area contributed by atoms with Gasteiger partial charge in [0.1, 0.15) is 0 Å². The minimum atomic E-state index is 0.478. The van der Waals surface area contributed by atoms with E-state index < -0.39 is 0 Å². The lowest BCUT2D eigenvalue weighted by atomic mass is 9.89. The molecule has 0 bridgehead atoms. The summed E-state index contributed by atoms with van der Waals surface area (Å²) < 4.78 is 0. The Morgan fingerprint density at radius 2 is 1.52 bits per heavy atom. The van der Waals surface area contributed by atoms with Gasteiger partial charge in [0.05, 0.1) is 11.2 Å². The fourth-order valence-corrected chi connectivity index (χ4v) is 4.33. The van der Waals surface area contributed by atoms with Gasteiger partial charge < -0.3 is 5.41 Å². The Morgan fingerprint density at radius 1 is 0.758 bits per heavy atom. The quantitative estimate of drug-likeness (QED) is 0.284. The predicted molar refractivity (Wildman–Crippen MR) is 142 cm³/mol. The number of pyridine rings is 1. The minimum absolute atomic E-state index is 0.478. The molecule has 5 rings (SSSR count). The first-order valence-electron chi connectivity index (χ1n) is 11.1. The summed E-state index contributed by atoms with van der Waals surface area (Å²) in [5.41, 5.74) is 6.75. The van der Waals surface area contributed by atoms with E-state index in [1.807, 2.05) is 37.3 Å². The molecule has 5 aromatic rings. The first-order chi connectivity index (χ1) is 16.2. The molecule has 0 unspecified atom stereocenters. The zero-order chi connectivity index (χ0) is 22.6. The number of nitrogens with zero attached hydrogens (tertiary/aromatic N) is 1. The SMILES string of the molecule is CC=C(C(=N)/C=C\c1ccc2cccnc2c1)c1ccccc1-c1cccc2ccccc12. The molecule has 1 aromatic heterocycles. The second-order valence-corrected chi connectivity index (χ2v) is 7.98. The molecule has 0 saturated carbocycles. The van der Waals surface area contributed by atoms with E-state index in [9.17, 15) is 0 Å². The van der Waals surface area contributed by atoms with Gasteiger partial charge in [0, 0.05) is 17.2 Å². The topological polar surface area (TPSA) is 36.7 Å². The van der Waals surface area contributed by atoms with Crippen molar-refractivity contribution in [3.63, 3.8) is 0 Å². The standard InChI is InChI=1S/C31H24N2/c1-2-25(30(32)19-17-22-16-18-24-11-8-20-33-31(24)21-22)27-13-5-6-14-29(27)28-15-7-10-23-9-3-4-12-26(23)28/h2-21,32H,1H3/b19-17-,25-2?,32-30?. The monoisotopic (exact) mass is 424 g/mol. The number of allylic oxidation sites excluding steroid dienone is 3. The van der Waals surface area contributed by atoms with Gasteiger partial charge in [-0.3, -0.25) is 4.98 Å². The molecule has 0 aliphatic carbocycles. The molecule has 1 N–H and O–H groups in total. The summed E-state index contributed by atoms with van der Waals surface area (Å²) >= 11 is 0. The van der Waals surface area contributed by atoms with Crippen molar-refractivity contribution in [2.75, 3.05) is 0 Å². The fourth-order valence-electron chi connectivity index (χ4n) is 4.33. The lowest BCUT2D eigenvalue weighted by molar-refractivity contribution is 1.41. The Balaban J connectivity index is 1.52. The Morgan fingerprint density at radius 3 is 2.42 bits per heavy atom. The van der Waals surface area contributed by atoms with E-state index in [0.717, 1.165) is 33.2 Å². The maximum Gasteiger partial charge on any atom is 0.0707 e. The van der Waals surface area contributed by atoms with Crippen LogP contribution in [0.15, 0.2) is 115 Å². The van der Waals surface area contributed by atoms with Crippen molar-refractivity contribution >= 4 is 39.0 Å². The number of hydrogen-bond acceptors (Lipinski definition) is 2. The third kappa shape index (κ3) is 4.11. The van der Waals surface area contributed by atoms with Crippen molar-refractivity contribution in [2.24, 2.45) is 0 Å². The van der Waals surface area contributed by atoms with E-state index >= 15 is 0 Å². The summed E-state index contributed by atoms with van der Waals surface area (Å²) in [4.78, 5) is 4.44. The molecule has 2 heteroatoms. The number of benzene rings is 4. The van der Waals surface area contributed by atoms with E-state index in [-0.39, 0.29) is 0 Å². The molecule has 0 amide bonds. The van der Waals surface area contributed by atoms with Crippen LogP contribution in [-0.4, -0.2) is 10.7 Å². The number of fused-ring (bicyclic) bond motifs is 2. The molecule has 1 heterocycles. The van der Waals surface area contributed by atoms with Gasteiger partial charge in [-0.15, -0.1) is 0 Å². The van der Waals surface area contributed by atoms with Crippen molar-refractivity contribution in [2.45, 2.75) is 6.92 Å². The Labute approximate surface area is 194 Å². The van der Waals surface area contributed by atoms with Crippen LogP contribution < -0.4 is 0 Å². The van der Waals surface area contributed by atoms with E-state index in [4.69, 9.17) is 5.41 Å². The average Bonchev–Trinajstić information content (AvgIpc) is 2.88. The largest absolute Gasteiger partial charge is 0.300 e. The van der Waals surface area contributed by atoms with E-state index in [2.05, 4.69) is 89.9 Å². The number of nitrogens with one attached hydrogen (secondary N) is 1. The summed E-state index contributed by atoms with van der Waals surface area (Å²) in [5.74, 6) is 0. The third-order valence-electron chi connectivity index (χ3n) is 5.95. The van der Waals surface area contributed by atoms with Crippen LogP contribution in [0.5, 0.6) is 0 Å². The predicted octanol–water partition coefficient (Wildman–Crippen LogP) is 8.19. The van der Waals surface area contributed by atoms with Gasteiger partial charge in [-0.2, -0.15) is 0 Å². The van der Waals surface area contributed by atoms with Crippen molar-refractivity contribution in [3.05, 3.63) is 127 Å². The number of rotatable bonds is 5. The molecule has 0 atom stereocenters. The van der Waals surface area contributed by atoms with Crippen LogP contribution in [-0.2, 0) is 0 Å². The lowest BCUT2D eigenvalue weighted by Crippen LogP contribution is -1.99. The molecule has 0 radical (unpaired) electrons. The second kappa shape index (κ2) is 9.05. The first-order valence-corrected chi connectivity index (χ1v) is 11.1. The van der Waals surface area contributed by atoms with E-state index in [1.54, 1.807) is 6.20 Å². The zero-order valence-electron chi connectivity index (χ0n) is 18.5. The highest BCUT2D eigenvalue weighted by Gasteiger charge is 2.13. The van der Waals surface area contributed by atoms with Crippen LogP contribution in [0.3, 0.4) is 0 Å². The lowest BCUT2D eigenvalue weighted by Gasteiger charge is -2.15. The number of hydrogen-bond donors (Lipinski definition) is 1. The van der Waals surface area contributed by atoms with Gasteiger partial charge in [-0.05, 0) is 58.2 Å². The van der Waals surface area contributed by atoms with Crippen molar-refractivity contribution in [1.29, 1.82) is 5.41 Å². The van der Waals surface area contributed by atoms with Gasteiger partial charge in [0.2, 0.25) is 0 Å². The molecule has 0 aliphatic heterocycles. The Hall–Kier alpha value is -4.30. The normalized spacial score (nSPS) is 12.0. The summed E-state index contributed by atoms with van der Waals surface area (Å²) in [6.07, 6.45) is 7.69. The molecule has 0 fully saturated rings. The Kier molecular flexibility index (Phi) is 5.65. The molecule has 158 valence electrons. The van der Waals surface area contributed by atoms with Crippen molar-refractivity contribution in [3.8, 4) is 11.1 Å². The van der Waals surface area contributed by atoms with E-state index in [0.29, 0.717) is 5.71 Å². The van der Waals surface area contributed by atoms with Crippen LogP contribution in [0.4, 0.5) is 0 Å². The van der Waals surface area contributed by atoms with Gasteiger partial charge >= 0.3 is 0 Å². The zero-order valence-corrected chi connectivity index (χ0v) is 18.5. The van der Waals surface area contributed by atoms with Crippen LogP contribution >= 0.6 is 0 Å². The van der Waals surface area contributed by atoms with Crippen LogP contribution in [0.1, 0.15) is 18.1 Å². The summed E-state index contributed by atoms with van der Waals surface area (Å²) in [6.45, 7) is 2.00. The highest BCUT2D eigenvalue weighted by atomic mass is 14.6. The molecule has 0 spiro atoms. The average molecular weight is 425 g/mol. The maximum atomic E-state index is 8.85. The summed E-state index contributed by atoms with van der Waals surface area (Å²) in [6, 6.07) is 33.4. The molecule has 0 aliphatic rings. The Bertz CT molecular complexity index is 1530. The van der Waals surface area contributed by atoms with Crippen LogP contribution in [0.2, 0.25) is 0 Å². The van der Waals surface area contributed by atoms with Crippen LogP contribution in [0, 0.1) is 5.41 Å². The molecule has 0 saturated heterocycles. The van der Waals surface area contributed by atoms with Gasteiger partial charge in [-0.25, -0.2) is 0 Å². The van der Waals surface area contributed by atoms with Crippen molar-refractivity contribution in [1.82, 2.24) is 4.98 Å². The van der Waals surface area contributed by atoms with E-state index in [1.165, 1.54) is 16.3 Å².